The van der Waals surface area contributed by atoms with E-state index in [-0.39, 0.29) is 10.8 Å². The third kappa shape index (κ3) is 3.11. The molecule has 1 aliphatic rings. The van der Waals surface area contributed by atoms with E-state index in [0.29, 0.717) is 17.0 Å². The van der Waals surface area contributed by atoms with Crippen molar-refractivity contribution in [1.82, 2.24) is 0 Å². The lowest BCUT2D eigenvalue weighted by molar-refractivity contribution is 0.222. The molecule has 0 unspecified atom stereocenters. The molecule has 0 amide bonds. The van der Waals surface area contributed by atoms with Gasteiger partial charge in [0, 0.05) is 18.8 Å². The van der Waals surface area contributed by atoms with E-state index in [1.165, 1.54) is 18.9 Å². The lowest BCUT2D eigenvalue weighted by Crippen LogP contribution is -2.38. The number of nitrogens with zero attached hydrogens (tertiary/aromatic N) is 1. The topological polar surface area (TPSA) is 29.3 Å². The molecule has 1 aromatic rings. The minimum absolute atomic E-state index is 0.126. The highest BCUT2D eigenvalue weighted by molar-refractivity contribution is 7.80. The fourth-order valence-corrected chi connectivity index (χ4v) is 3.22. The van der Waals surface area contributed by atoms with E-state index < -0.39 is 0 Å². The molecular weight excluding hydrogens is 271 g/mol. The number of hydrogen-bond donors (Lipinski definition) is 1. The van der Waals surface area contributed by atoms with E-state index >= 15 is 0 Å². The van der Waals surface area contributed by atoms with Crippen LogP contribution in [0.4, 0.5) is 10.1 Å². The molecule has 0 spiro atoms. The largest absolute Gasteiger partial charge is 0.389 e. The van der Waals surface area contributed by atoms with Crippen molar-refractivity contribution in [3.63, 3.8) is 0 Å². The molecule has 2 N–H and O–H groups in total. The molecule has 2 rings (SSSR count). The maximum atomic E-state index is 14.0. The first-order valence-corrected chi connectivity index (χ1v) is 7.54. The van der Waals surface area contributed by atoms with Crippen LogP contribution in [0, 0.1) is 11.2 Å². The van der Waals surface area contributed by atoms with Crippen molar-refractivity contribution >= 4 is 22.9 Å². The second-order valence-corrected chi connectivity index (χ2v) is 6.94. The molecule has 1 fully saturated rings. The van der Waals surface area contributed by atoms with Gasteiger partial charge < -0.3 is 10.6 Å². The van der Waals surface area contributed by atoms with Crippen LogP contribution < -0.4 is 10.6 Å². The molecule has 0 saturated heterocycles. The second kappa shape index (κ2) is 5.68. The molecule has 1 saturated carbocycles. The summed E-state index contributed by atoms with van der Waals surface area (Å²) in [6.45, 7) is 4.62. The van der Waals surface area contributed by atoms with Gasteiger partial charge in [0.25, 0.3) is 0 Å². The fourth-order valence-electron chi connectivity index (χ4n) is 3.02. The molecule has 4 heteroatoms. The van der Waals surface area contributed by atoms with Crippen molar-refractivity contribution in [2.75, 3.05) is 11.9 Å². The van der Waals surface area contributed by atoms with Gasteiger partial charge in [0.1, 0.15) is 10.8 Å². The normalized spacial score (nSPS) is 18.8. The molecule has 0 atom stereocenters. The lowest BCUT2D eigenvalue weighted by atomic mass is 9.75. The fraction of sp³-hybridized carbons (Fsp3) is 0.562. The van der Waals surface area contributed by atoms with E-state index in [4.69, 9.17) is 18.0 Å². The summed E-state index contributed by atoms with van der Waals surface area (Å²) >= 11 is 5.01. The zero-order chi connectivity index (χ0) is 14.9. The number of anilines is 1. The first-order chi connectivity index (χ1) is 9.32. The summed E-state index contributed by atoms with van der Waals surface area (Å²) in [7, 11) is 2.01. The maximum Gasteiger partial charge on any atom is 0.135 e. The number of benzene rings is 1. The van der Waals surface area contributed by atoms with Gasteiger partial charge in [-0.3, -0.25) is 0 Å². The number of halogens is 1. The molecule has 110 valence electrons. The van der Waals surface area contributed by atoms with Gasteiger partial charge in [-0.15, -0.1) is 0 Å². The Kier molecular flexibility index (Phi) is 4.33. The summed E-state index contributed by atoms with van der Waals surface area (Å²) in [6.07, 6.45) is 4.63. The highest BCUT2D eigenvalue weighted by Crippen LogP contribution is 2.38. The quantitative estimate of drug-likeness (QED) is 0.858. The van der Waals surface area contributed by atoms with Gasteiger partial charge >= 0.3 is 0 Å². The van der Waals surface area contributed by atoms with E-state index in [2.05, 4.69) is 18.7 Å². The van der Waals surface area contributed by atoms with Crippen LogP contribution in [0.3, 0.4) is 0 Å². The lowest BCUT2D eigenvalue weighted by Gasteiger charge is -2.40. The third-order valence-electron chi connectivity index (χ3n) is 4.47. The maximum absolute atomic E-state index is 14.0. The SMILES string of the molecule is CN(c1cccc(F)c1C(N)=S)C1CCC(C)(C)CC1. The molecule has 0 heterocycles. The summed E-state index contributed by atoms with van der Waals surface area (Å²) < 4.78 is 14.0. The Morgan fingerprint density at radius 1 is 1.35 bits per heavy atom. The number of thiocarbonyl (C=S) groups is 1. The monoisotopic (exact) mass is 294 g/mol. The predicted molar refractivity (Wildman–Crippen MR) is 86.7 cm³/mol. The summed E-state index contributed by atoms with van der Waals surface area (Å²) in [5.74, 6) is -0.335. The van der Waals surface area contributed by atoms with E-state index in [1.54, 1.807) is 6.07 Å². The Bertz CT molecular complexity index is 503. The number of hydrogen-bond acceptors (Lipinski definition) is 2. The van der Waals surface area contributed by atoms with Crippen molar-refractivity contribution < 1.29 is 4.39 Å². The minimum atomic E-state index is -0.335. The van der Waals surface area contributed by atoms with Crippen molar-refractivity contribution in [2.45, 2.75) is 45.6 Å². The molecule has 0 aliphatic heterocycles. The zero-order valence-electron chi connectivity index (χ0n) is 12.4. The van der Waals surface area contributed by atoms with E-state index in [9.17, 15) is 4.39 Å². The van der Waals surface area contributed by atoms with Gasteiger partial charge in [0.05, 0.1) is 5.56 Å². The highest BCUT2D eigenvalue weighted by Gasteiger charge is 2.30. The standard InChI is InChI=1S/C16H23FN2S/c1-16(2)9-7-11(8-10-16)19(3)13-6-4-5-12(17)14(13)15(18)20/h4-6,11H,7-10H2,1-3H3,(H2,18,20). The predicted octanol–water partition coefficient (Wildman–Crippen LogP) is 3.86. The van der Waals surface area contributed by atoms with Crippen molar-refractivity contribution in [3.05, 3.63) is 29.6 Å². The van der Waals surface area contributed by atoms with Gasteiger partial charge in [0.2, 0.25) is 0 Å². The molecule has 0 aromatic heterocycles. The Morgan fingerprint density at radius 2 is 1.95 bits per heavy atom. The van der Waals surface area contributed by atoms with Crippen LogP contribution in [-0.4, -0.2) is 18.1 Å². The molecule has 20 heavy (non-hydrogen) atoms. The van der Waals surface area contributed by atoms with Gasteiger partial charge in [0.15, 0.2) is 0 Å². The van der Waals surface area contributed by atoms with Crippen molar-refractivity contribution in [2.24, 2.45) is 11.1 Å². The van der Waals surface area contributed by atoms with Crippen LogP contribution >= 0.6 is 12.2 Å². The first-order valence-electron chi connectivity index (χ1n) is 7.13. The van der Waals surface area contributed by atoms with Crippen LogP contribution in [0.2, 0.25) is 0 Å². The molecule has 2 nitrogen and oxygen atoms in total. The summed E-state index contributed by atoms with van der Waals surface area (Å²) in [5, 5.41) is 0. The van der Waals surface area contributed by atoms with Gasteiger partial charge in [-0.1, -0.05) is 32.1 Å². The summed E-state index contributed by atoms with van der Waals surface area (Å²) in [5.41, 5.74) is 7.29. The number of rotatable bonds is 3. The van der Waals surface area contributed by atoms with Crippen LogP contribution in [0.1, 0.15) is 45.1 Å². The van der Waals surface area contributed by atoms with Crippen molar-refractivity contribution in [1.29, 1.82) is 0 Å². The number of nitrogens with two attached hydrogens (primary N) is 1. The van der Waals surface area contributed by atoms with Gasteiger partial charge in [-0.2, -0.15) is 0 Å². The van der Waals surface area contributed by atoms with Crippen LogP contribution in [-0.2, 0) is 0 Å². The van der Waals surface area contributed by atoms with E-state index in [0.717, 1.165) is 18.5 Å². The van der Waals surface area contributed by atoms with Crippen LogP contribution in [0.25, 0.3) is 0 Å². The molecule has 0 bridgehead atoms. The highest BCUT2D eigenvalue weighted by atomic mass is 32.1. The molecule has 1 aliphatic carbocycles. The smallest absolute Gasteiger partial charge is 0.135 e. The van der Waals surface area contributed by atoms with Crippen molar-refractivity contribution in [3.8, 4) is 0 Å². The second-order valence-electron chi connectivity index (χ2n) is 6.50. The molecular formula is C16H23FN2S. The Hall–Kier alpha value is -1.16. The Balaban J connectivity index is 2.24. The van der Waals surface area contributed by atoms with E-state index in [1.807, 2.05) is 13.1 Å². The van der Waals surface area contributed by atoms with Gasteiger partial charge in [-0.25, -0.2) is 4.39 Å². The summed E-state index contributed by atoms with van der Waals surface area (Å²) in [6, 6.07) is 5.46. The zero-order valence-corrected chi connectivity index (χ0v) is 13.3. The van der Waals surface area contributed by atoms with Crippen LogP contribution in [0.5, 0.6) is 0 Å². The first kappa shape index (κ1) is 15.2. The average molecular weight is 294 g/mol. The Morgan fingerprint density at radius 3 is 2.50 bits per heavy atom. The summed E-state index contributed by atoms with van der Waals surface area (Å²) in [4.78, 5) is 2.27. The minimum Gasteiger partial charge on any atom is -0.389 e. The van der Waals surface area contributed by atoms with Gasteiger partial charge in [-0.05, 0) is 43.2 Å². The molecule has 0 radical (unpaired) electrons. The Labute approximate surface area is 126 Å². The van der Waals surface area contributed by atoms with Crippen LogP contribution in [0.15, 0.2) is 18.2 Å². The molecule has 1 aromatic carbocycles. The third-order valence-corrected chi connectivity index (χ3v) is 4.68. The average Bonchev–Trinajstić information content (AvgIpc) is 2.37.